The Balaban J connectivity index is 1.81. The van der Waals surface area contributed by atoms with E-state index in [1.54, 1.807) is 36.4 Å². The number of rotatable bonds is 13. The second kappa shape index (κ2) is 13.6. The number of fused-ring (bicyclic) bond motifs is 1. The molecule has 0 spiro atoms. The minimum Gasteiger partial charge on any atom is -0.454 e. The van der Waals surface area contributed by atoms with Gasteiger partial charge >= 0.3 is 0 Å². The average molecular weight is 601 g/mol. The zero-order valence-electron chi connectivity index (χ0n) is 22.6. The van der Waals surface area contributed by atoms with Gasteiger partial charge in [-0.1, -0.05) is 43.1 Å². The molecule has 0 aliphatic carbocycles. The molecule has 1 aliphatic heterocycles. The normalized spacial score (nSPS) is 14.0. The Morgan fingerprint density at radius 2 is 1.72 bits per heavy atom. The highest BCUT2D eigenvalue weighted by molar-refractivity contribution is 7.92. The zero-order chi connectivity index (χ0) is 28.7. The molecule has 2 aromatic carbocycles. The van der Waals surface area contributed by atoms with Crippen molar-refractivity contribution in [2.24, 2.45) is 0 Å². The molecule has 0 aromatic heterocycles. The lowest BCUT2D eigenvalue weighted by Crippen LogP contribution is -2.50. The van der Waals surface area contributed by atoms with E-state index in [-0.39, 0.29) is 50.6 Å². The molecule has 3 rings (SSSR count). The minimum atomic E-state index is -3.65. The average Bonchev–Trinajstić information content (AvgIpc) is 3.35. The maximum absolute atomic E-state index is 13.6. The van der Waals surface area contributed by atoms with Gasteiger partial charge in [0.15, 0.2) is 11.5 Å². The van der Waals surface area contributed by atoms with E-state index in [9.17, 15) is 18.0 Å². The number of nitrogens with zero attached hydrogens (tertiary/aromatic N) is 2. The van der Waals surface area contributed by atoms with Crippen LogP contribution in [0.15, 0.2) is 36.4 Å². The molecule has 1 N–H and O–H groups in total. The van der Waals surface area contributed by atoms with Gasteiger partial charge in [-0.3, -0.25) is 13.9 Å². The van der Waals surface area contributed by atoms with Gasteiger partial charge < -0.3 is 19.7 Å². The van der Waals surface area contributed by atoms with Crippen molar-refractivity contribution < 1.29 is 27.5 Å². The van der Waals surface area contributed by atoms with Crippen LogP contribution in [0.4, 0.5) is 5.69 Å². The summed E-state index contributed by atoms with van der Waals surface area (Å²) in [5, 5.41) is 3.74. The molecular formula is C27H35Cl2N3O6S. The number of hydrogen-bond acceptors (Lipinski definition) is 6. The van der Waals surface area contributed by atoms with E-state index in [1.165, 1.54) is 9.21 Å². The number of nitrogens with one attached hydrogen (secondary N) is 1. The Kier molecular flexibility index (Phi) is 10.7. The Morgan fingerprint density at radius 1 is 1.05 bits per heavy atom. The third-order valence-electron chi connectivity index (χ3n) is 6.57. The molecule has 39 heavy (non-hydrogen) atoms. The molecule has 1 aliphatic rings. The fraction of sp³-hybridized carbons (Fsp3) is 0.481. The minimum absolute atomic E-state index is 0.00571. The van der Waals surface area contributed by atoms with Crippen LogP contribution in [0, 0.1) is 0 Å². The number of carbonyl (C=O) groups excluding carboxylic acids is 2. The van der Waals surface area contributed by atoms with Crippen LogP contribution in [0.25, 0.3) is 0 Å². The molecule has 0 unspecified atom stereocenters. The molecule has 2 aromatic rings. The van der Waals surface area contributed by atoms with Gasteiger partial charge in [0.2, 0.25) is 28.6 Å². The van der Waals surface area contributed by atoms with Crippen molar-refractivity contribution in [2.45, 2.75) is 65.1 Å². The predicted octanol–water partition coefficient (Wildman–Crippen LogP) is 4.99. The van der Waals surface area contributed by atoms with Gasteiger partial charge in [0.25, 0.3) is 0 Å². The summed E-state index contributed by atoms with van der Waals surface area (Å²) in [6.07, 6.45) is 2.45. The summed E-state index contributed by atoms with van der Waals surface area (Å²) >= 11 is 12.8. The van der Waals surface area contributed by atoms with E-state index < -0.39 is 16.1 Å². The summed E-state index contributed by atoms with van der Waals surface area (Å²) in [5.41, 5.74) is 0.954. The lowest BCUT2D eigenvalue weighted by molar-refractivity contribution is -0.141. The number of sulfonamides is 1. The van der Waals surface area contributed by atoms with Gasteiger partial charge in [0.1, 0.15) is 6.04 Å². The van der Waals surface area contributed by atoms with Crippen molar-refractivity contribution in [3.63, 3.8) is 0 Å². The summed E-state index contributed by atoms with van der Waals surface area (Å²) < 4.78 is 37.1. The lowest BCUT2D eigenvalue weighted by Gasteiger charge is -2.32. The summed E-state index contributed by atoms with van der Waals surface area (Å²) in [5.74, 6) is 0.424. The molecule has 0 saturated heterocycles. The van der Waals surface area contributed by atoms with Gasteiger partial charge in [0.05, 0.1) is 11.9 Å². The number of benzene rings is 2. The third-order valence-corrected chi connectivity index (χ3v) is 8.48. The van der Waals surface area contributed by atoms with Crippen LogP contribution >= 0.6 is 23.2 Å². The number of carbonyl (C=O) groups is 2. The van der Waals surface area contributed by atoms with Crippen molar-refractivity contribution >= 4 is 50.7 Å². The smallest absolute Gasteiger partial charge is 0.243 e. The van der Waals surface area contributed by atoms with E-state index >= 15 is 0 Å². The lowest BCUT2D eigenvalue weighted by atomic mass is 10.1. The number of halogens is 2. The SMILES string of the molecule is CC[C@H](C)NC(=O)[C@H](CC)N(Cc1c(Cl)cccc1Cl)C(=O)CCCN(c1ccc2c(c1)OCO2)S(C)(=O)=O. The highest BCUT2D eigenvalue weighted by Crippen LogP contribution is 2.36. The first-order valence-electron chi connectivity index (χ1n) is 12.9. The van der Waals surface area contributed by atoms with Crippen LogP contribution in [0.5, 0.6) is 11.5 Å². The summed E-state index contributed by atoms with van der Waals surface area (Å²) in [7, 11) is -3.65. The van der Waals surface area contributed by atoms with Gasteiger partial charge in [-0.05, 0) is 50.5 Å². The molecule has 0 radical (unpaired) electrons. The van der Waals surface area contributed by atoms with Crippen molar-refractivity contribution in [2.75, 3.05) is 23.9 Å². The van der Waals surface area contributed by atoms with Crippen LogP contribution in [0.3, 0.4) is 0 Å². The van der Waals surface area contributed by atoms with Crippen LogP contribution in [0.2, 0.25) is 10.0 Å². The van der Waals surface area contributed by atoms with Crippen LogP contribution in [-0.2, 0) is 26.2 Å². The van der Waals surface area contributed by atoms with E-state index in [0.29, 0.717) is 39.2 Å². The Labute approximate surface area is 240 Å². The highest BCUT2D eigenvalue weighted by atomic mass is 35.5. The standard InChI is InChI=1S/C27H35Cl2N3O6S/c1-5-18(3)30-27(34)23(6-2)31(16-20-21(28)9-7-10-22(20)29)26(33)11-8-14-32(39(4,35)36)19-12-13-24-25(15-19)38-17-37-24/h7,9-10,12-13,15,18,23H,5-6,8,11,14,16-17H2,1-4H3,(H,30,34)/t18-,23-/m0/s1. The molecule has 12 heteroatoms. The molecule has 0 bridgehead atoms. The predicted molar refractivity (Wildman–Crippen MR) is 153 cm³/mol. The van der Waals surface area contributed by atoms with E-state index in [4.69, 9.17) is 32.7 Å². The summed E-state index contributed by atoms with van der Waals surface area (Å²) in [4.78, 5) is 28.2. The monoisotopic (exact) mass is 599 g/mol. The summed E-state index contributed by atoms with van der Waals surface area (Å²) in [6, 6.07) is 9.15. The van der Waals surface area contributed by atoms with Crippen molar-refractivity contribution in [1.29, 1.82) is 0 Å². The molecule has 2 amide bonds. The van der Waals surface area contributed by atoms with E-state index in [1.807, 2.05) is 20.8 Å². The van der Waals surface area contributed by atoms with Crippen LogP contribution in [-0.4, -0.2) is 56.8 Å². The second-order valence-electron chi connectivity index (χ2n) is 9.44. The number of hydrogen-bond donors (Lipinski definition) is 1. The first-order valence-corrected chi connectivity index (χ1v) is 15.5. The van der Waals surface area contributed by atoms with E-state index in [0.717, 1.165) is 12.7 Å². The van der Waals surface area contributed by atoms with Gasteiger partial charge in [0, 0.05) is 47.2 Å². The highest BCUT2D eigenvalue weighted by Gasteiger charge is 2.30. The van der Waals surface area contributed by atoms with Crippen molar-refractivity contribution in [3.8, 4) is 11.5 Å². The third kappa shape index (κ3) is 7.93. The second-order valence-corrected chi connectivity index (χ2v) is 12.2. The van der Waals surface area contributed by atoms with Crippen LogP contribution in [0.1, 0.15) is 52.0 Å². The molecule has 0 saturated carbocycles. The number of amides is 2. The largest absolute Gasteiger partial charge is 0.454 e. The first-order chi connectivity index (χ1) is 18.5. The maximum Gasteiger partial charge on any atom is 0.243 e. The molecule has 1 heterocycles. The van der Waals surface area contributed by atoms with Gasteiger partial charge in [-0.2, -0.15) is 0 Å². The first kappa shape index (κ1) is 30.8. The van der Waals surface area contributed by atoms with Crippen LogP contribution < -0.4 is 19.1 Å². The van der Waals surface area contributed by atoms with Crippen molar-refractivity contribution in [3.05, 3.63) is 52.0 Å². The zero-order valence-corrected chi connectivity index (χ0v) is 24.9. The van der Waals surface area contributed by atoms with Gasteiger partial charge in [-0.15, -0.1) is 0 Å². The fourth-order valence-corrected chi connectivity index (χ4v) is 5.73. The fourth-order valence-electron chi connectivity index (χ4n) is 4.26. The number of ether oxygens (including phenoxy) is 2. The molecular weight excluding hydrogens is 565 g/mol. The summed E-state index contributed by atoms with van der Waals surface area (Å²) in [6.45, 7) is 5.87. The molecule has 214 valence electrons. The Morgan fingerprint density at radius 3 is 2.33 bits per heavy atom. The van der Waals surface area contributed by atoms with Gasteiger partial charge in [-0.25, -0.2) is 8.42 Å². The Hall–Kier alpha value is -2.69. The Bertz CT molecular complexity index is 1270. The number of anilines is 1. The van der Waals surface area contributed by atoms with E-state index in [2.05, 4.69) is 5.32 Å². The molecule has 0 fully saturated rings. The quantitative estimate of drug-likeness (QED) is 0.348. The topological polar surface area (TPSA) is 105 Å². The van der Waals surface area contributed by atoms with Crippen molar-refractivity contribution in [1.82, 2.24) is 10.2 Å². The molecule has 9 nitrogen and oxygen atoms in total. The maximum atomic E-state index is 13.6. The molecule has 2 atom stereocenters.